The molecule has 28 heavy (non-hydrogen) atoms. The first-order valence-corrected chi connectivity index (χ1v) is 10.3. The first-order chi connectivity index (χ1) is 13.3. The molecule has 3 amide bonds. The second-order valence-corrected chi connectivity index (χ2v) is 8.39. The maximum absolute atomic E-state index is 12.5. The van der Waals surface area contributed by atoms with E-state index in [2.05, 4.69) is 22.6 Å². The molecule has 1 aromatic rings. The van der Waals surface area contributed by atoms with Crippen LogP contribution in [-0.2, 0) is 0 Å². The van der Waals surface area contributed by atoms with Gasteiger partial charge in [-0.05, 0) is 58.0 Å². The molecule has 0 spiro atoms. The van der Waals surface area contributed by atoms with Gasteiger partial charge in [-0.25, -0.2) is 4.79 Å². The molecule has 1 aromatic carbocycles. The summed E-state index contributed by atoms with van der Waals surface area (Å²) >= 11 is 11.8. The molecule has 2 fully saturated rings. The molecule has 2 aliphatic rings. The Balaban J connectivity index is 1.47. The zero-order chi connectivity index (χ0) is 20.3. The summed E-state index contributed by atoms with van der Waals surface area (Å²) < 4.78 is 0. The molecule has 2 saturated heterocycles. The number of hydrogen-bond donors (Lipinski definition) is 3. The maximum Gasteiger partial charge on any atom is 0.317 e. The Hall–Kier alpha value is -1.70. The molecule has 0 unspecified atom stereocenters. The van der Waals surface area contributed by atoms with Gasteiger partial charge in [0.15, 0.2) is 0 Å². The van der Waals surface area contributed by atoms with Crippen molar-refractivity contribution in [3.05, 3.63) is 27.7 Å². The average Bonchev–Trinajstić information content (AvgIpc) is 2.67. The van der Waals surface area contributed by atoms with E-state index in [1.165, 1.54) is 12.1 Å². The summed E-state index contributed by atoms with van der Waals surface area (Å²) in [6.45, 7) is 3.15. The van der Waals surface area contributed by atoms with Gasteiger partial charge < -0.3 is 25.5 Å². The Bertz CT molecular complexity index is 730. The fraction of sp³-hybridized carbons (Fsp3) is 0.579. The molecule has 0 saturated carbocycles. The quantitative estimate of drug-likeness (QED) is 0.690. The fourth-order valence-corrected chi connectivity index (χ4v) is 4.14. The van der Waals surface area contributed by atoms with Crippen LogP contribution in [0.15, 0.2) is 12.1 Å². The number of phenols is 1. The molecule has 7 nitrogen and oxygen atoms in total. The summed E-state index contributed by atoms with van der Waals surface area (Å²) in [5.74, 6) is -0.699. The van der Waals surface area contributed by atoms with Gasteiger partial charge in [0.05, 0.1) is 10.6 Å². The number of hydrogen-bond acceptors (Lipinski definition) is 4. The number of aromatic hydroxyl groups is 1. The number of carbonyl (C=O) groups is 2. The van der Waals surface area contributed by atoms with Gasteiger partial charge in [0.1, 0.15) is 5.75 Å². The molecular formula is C19H26Cl2N4O3. The summed E-state index contributed by atoms with van der Waals surface area (Å²) in [5, 5.41) is 16.3. The van der Waals surface area contributed by atoms with E-state index in [9.17, 15) is 14.7 Å². The Labute approximate surface area is 175 Å². The standard InChI is InChI=1S/C19H26Cl2N4O3/c1-24-6-2-14(3-7-24)23-19(28)25-8-4-13(5-9-25)22-18(27)15-10-12(20)11-16(21)17(15)26/h10-11,13-14,26H,2-9H2,1H3,(H,22,27)(H,23,28). The van der Waals surface area contributed by atoms with Gasteiger partial charge in [0.25, 0.3) is 5.91 Å². The Morgan fingerprint density at radius 2 is 1.57 bits per heavy atom. The molecule has 0 bridgehead atoms. The molecule has 0 aliphatic carbocycles. The highest BCUT2D eigenvalue weighted by Gasteiger charge is 2.27. The summed E-state index contributed by atoms with van der Waals surface area (Å²) in [6.07, 6.45) is 3.25. The number of carbonyl (C=O) groups excluding carboxylic acids is 2. The van der Waals surface area contributed by atoms with Crippen molar-refractivity contribution in [1.82, 2.24) is 20.4 Å². The molecule has 3 N–H and O–H groups in total. The minimum absolute atomic E-state index is 0.0291. The summed E-state index contributed by atoms with van der Waals surface area (Å²) in [4.78, 5) is 29.0. The van der Waals surface area contributed by atoms with E-state index in [1.807, 2.05) is 0 Å². The third-order valence-electron chi connectivity index (χ3n) is 5.44. The zero-order valence-electron chi connectivity index (χ0n) is 15.9. The predicted molar refractivity (Wildman–Crippen MR) is 109 cm³/mol. The van der Waals surface area contributed by atoms with Gasteiger partial charge in [-0.2, -0.15) is 0 Å². The van der Waals surface area contributed by atoms with Gasteiger partial charge in [-0.15, -0.1) is 0 Å². The summed E-state index contributed by atoms with van der Waals surface area (Å²) in [6, 6.07) is 2.91. The van der Waals surface area contributed by atoms with Crippen LogP contribution in [0.3, 0.4) is 0 Å². The van der Waals surface area contributed by atoms with Crippen molar-refractivity contribution in [3.63, 3.8) is 0 Å². The molecule has 2 aliphatic heterocycles. The number of benzene rings is 1. The Morgan fingerprint density at radius 1 is 1.00 bits per heavy atom. The topological polar surface area (TPSA) is 84.9 Å². The van der Waals surface area contributed by atoms with E-state index in [4.69, 9.17) is 23.2 Å². The lowest BCUT2D eigenvalue weighted by molar-refractivity contribution is 0.0914. The van der Waals surface area contributed by atoms with Crippen molar-refractivity contribution in [1.29, 1.82) is 0 Å². The van der Waals surface area contributed by atoms with Crippen LogP contribution in [-0.4, -0.2) is 72.2 Å². The van der Waals surface area contributed by atoms with Crippen LogP contribution in [0.5, 0.6) is 5.75 Å². The summed E-state index contributed by atoms with van der Waals surface area (Å²) in [5.41, 5.74) is 0.0555. The third-order valence-corrected chi connectivity index (χ3v) is 5.94. The van der Waals surface area contributed by atoms with Crippen LogP contribution < -0.4 is 10.6 Å². The van der Waals surface area contributed by atoms with Crippen LogP contribution in [0.25, 0.3) is 0 Å². The first kappa shape index (κ1) is 21.0. The highest BCUT2D eigenvalue weighted by atomic mass is 35.5. The van der Waals surface area contributed by atoms with Crippen molar-refractivity contribution in [2.24, 2.45) is 0 Å². The maximum atomic E-state index is 12.5. The number of nitrogens with zero attached hydrogens (tertiary/aromatic N) is 2. The minimum Gasteiger partial charge on any atom is -0.506 e. The molecule has 154 valence electrons. The van der Waals surface area contributed by atoms with Gasteiger partial charge >= 0.3 is 6.03 Å². The number of urea groups is 1. The third kappa shape index (κ3) is 5.21. The number of phenolic OH excluding ortho intramolecular Hbond substituents is 1. The van der Waals surface area contributed by atoms with Gasteiger partial charge in [-0.3, -0.25) is 4.79 Å². The first-order valence-electron chi connectivity index (χ1n) is 9.56. The van der Waals surface area contributed by atoms with Gasteiger partial charge in [0, 0.05) is 30.2 Å². The largest absolute Gasteiger partial charge is 0.506 e. The number of piperidine rings is 2. The second kappa shape index (κ2) is 9.20. The Kier molecular flexibility index (Phi) is 6.91. The molecule has 0 atom stereocenters. The van der Waals surface area contributed by atoms with Crippen LogP contribution in [0.4, 0.5) is 4.79 Å². The smallest absolute Gasteiger partial charge is 0.317 e. The minimum atomic E-state index is -0.420. The molecule has 3 rings (SSSR count). The van der Waals surface area contributed by atoms with Crippen LogP contribution in [0.1, 0.15) is 36.0 Å². The van der Waals surface area contributed by atoms with E-state index < -0.39 is 5.91 Å². The van der Waals surface area contributed by atoms with E-state index >= 15 is 0 Å². The van der Waals surface area contributed by atoms with E-state index in [0.717, 1.165) is 25.9 Å². The van der Waals surface area contributed by atoms with Crippen molar-refractivity contribution in [2.75, 3.05) is 33.2 Å². The number of nitrogens with one attached hydrogen (secondary N) is 2. The lowest BCUT2D eigenvalue weighted by Gasteiger charge is -2.35. The predicted octanol–water partition coefficient (Wildman–Crippen LogP) is 2.70. The molecule has 9 heteroatoms. The van der Waals surface area contributed by atoms with Crippen molar-refractivity contribution in [2.45, 2.75) is 37.8 Å². The monoisotopic (exact) mass is 428 g/mol. The highest BCUT2D eigenvalue weighted by molar-refractivity contribution is 6.36. The highest BCUT2D eigenvalue weighted by Crippen LogP contribution is 2.31. The zero-order valence-corrected chi connectivity index (χ0v) is 17.4. The van der Waals surface area contributed by atoms with Crippen LogP contribution >= 0.6 is 23.2 Å². The van der Waals surface area contributed by atoms with E-state index in [0.29, 0.717) is 25.9 Å². The lowest BCUT2D eigenvalue weighted by atomic mass is 10.0. The Morgan fingerprint density at radius 3 is 2.21 bits per heavy atom. The van der Waals surface area contributed by atoms with Crippen LogP contribution in [0, 0.1) is 0 Å². The van der Waals surface area contributed by atoms with Crippen LogP contribution in [0.2, 0.25) is 10.0 Å². The number of likely N-dealkylation sites (tertiary alicyclic amines) is 2. The fourth-order valence-electron chi connectivity index (χ4n) is 3.65. The normalized spacial score (nSPS) is 19.5. The number of halogens is 2. The molecular weight excluding hydrogens is 403 g/mol. The molecule has 0 radical (unpaired) electrons. The lowest BCUT2D eigenvalue weighted by Crippen LogP contribution is -2.52. The number of rotatable bonds is 3. The molecule has 2 heterocycles. The SMILES string of the molecule is CN1CCC(NC(=O)N2CCC(NC(=O)c3cc(Cl)cc(Cl)c3O)CC2)CC1. The summed E-state index contributed by atoms with van der Waals surface area (Å²) in [7, 11) is 2.09. The average molecular weight is 429 g/mol. The van der Waals surface area contributed by atoms with Crippen molar-refractivity contribution < 1.29 is 14.7 Å². The van der Waals surface area contributed by atoms with Gasteiger partial charge in [-0.1, -0.05) is 23.2 Å². The van der Waals surface area contributed by atoms with E-state index in [-0.39, 0.29) is 39.5 Å². The van der Waals surface area contributed by atoms with Crippen molar-refractivity contribution >= 4 is 35.1 Å². The van der Waals surface area contributed by atoms with Gasteiger partial charge in [0.2, 0.25) is 0 Å². The molecule has 0 aromatic heterocycles. The van der Waals surface area contributed by atoms with E-state index in [1.54, 1.807) is 4.90 Å². The second-order valence-electron chi connectivity index (χ2n) is 7.55. The number of amides is 3. The van der Waals surface area contributed by atoms with Crippen molar-refractivity contribution in [3.8, 4) is 5.75 Å².